The molecular weight excluding hydrogens is 150 g/mol. The maximum absolute atomic E-state index is 10.5. The number of allylic oxidation sites excluding steroid dienone is 1. The predicted molar refractivity (Wildman–Crippen MR) is 47.8 cm³/mol. The van der Waals surface area contributed by atoms with Crippen molar-refractivity contribution >= 4 is 6.21 Å². The van der Waals surface area contributed by atoms with Gasteiger partial charge < -0.3 is 5.11 Å². The van der Waals surface area contributed by atoms with E-state index in [0.29, 0.717) is 0 Å². The van der Waals surface area contributed by atoms with Crippen LogP contribution in [0.3, 0.4) is 0 Å². The van der Waals surface area contributed by atoms with Gasteiger partial charge in [0.05, 0.1) is 0 Å². The van der Waals surface area contributed by atoms with Crippen molar-refractivity contribution in [1.29, 1.82) is 0 Å². The lowest BCUT2D eigenvalue weighted by Crippen LogP contribution is -1.96. The minimum atomic E-state index is -0.0396. The predicted octanol–water partition coefficient (Wildman–Crippen LogP) is 1.33. The highest BCUT2D eigenvalue weighted by molar-refractivity contribution is 5.79. The molecule has 0 atom stereocenters. The Balaban J connectivity index is 2.64. The Morgan fingerprint density at radius 1 is 1.33 bits per heavy atom. The number of hydrogen-bond acceptors (Lipinski definition) is 2. The number of hydrogen-bond donors (Lipinski definition) is 0. The van der Waals surface area contributed by atoms with Crippen LogP contribution in [0.25, 0.3) is 0 Å². The van der Waals surface area contributed by atoms with Gasteiger partial charge in [0, 0.05) is 12.4 Å². The molecule has 12 heavy (non-hydrogen) atoms. The Morgan fingerprint density at radius 2 is 2.00 bits per heavy atom. The summed E-state index contributed by atoms with van der Waals surface area (Å²) >= 11 is 0. The zero-order valence-corrected chi connectivity index (χ0v) is 6.90. The molecule has 0 spiro atoms. The standard InChI is InChI=1S/C10H11NO/c1-9(12)7-11-8-10-5-3-2-4-6-10/h2-8,12H,1H3/p-1. The lowest BCUT2D eigenvalue weighted by atomic mass is 10.2. The van der Waals surface area contributed by atoms with E-state index in [1.54, 1.807) is 6.21 Å². The van der Waals surface area contributed by atoms with Crippen LogP contribution in [-0.2, 0) is 0 Å². The molecule has 1 aromatic carbocycles. The summed E-state index contributed by atoms with van der Waals surface area (Å²) in [6.45, 7) is 1.47. The van der Waals surface area contributed by atoms with Crippen molar-refractivity contribution < 1.29 is 5.11 Å². The Bertz CT molecular complexity index is 284. The second kappa shape index (κ2) is 4.34. The van der Waals surface area contributed by atoms with Crippen LogP contribution < -0.4 is 5.11 Å². The van der Waals surface area contributed by atoms with Crippen LogP contribution in [0.1, 0.15) is 12.5 Å². The van der Waals surface area contributed by atoms with Gasteiger partial charge in [-0.1, -0.05) is 37.3 Å². The molecule has 0 aliphatic carbocycles. The van der Waals surface area contributed by atoms with Crippen molar-refractivity contribution in [3.05, 3.63) is 47.9 Å². The van der Waals surface area contributed by atoms with E-state index in [-0.39, 0.29) is 5.76 Å². The SMILES string of the molecule is CC([O-])=CN=Cc1ccccc1. The van der Waals surface area contributed by atoms with Crippen LogP contribution in [0.2, 0.25) is 0 Å². The first-order chi connectivity index (χ1) is 5.79. The molecule has 0 fully saturated rings. The van der Waals surface area contributed by atoms with Crippen LogP contribution in [0, 0.1) is 0 Å². The van der Waals surface area contributed by atoms with E-state index in [1.165, 1.54) is 13.1 Å². The number of rotatable bonds is 2. The number of benzene rings is 1. The fourth-order valence-corrected chi connectivity index (χ4v) is 0.767. The summed E-state index contributed by atoms with van der Waals surface area (Å²) in [5, 5.41) is 10.5. The largest absolute Gasteiger partial charge is 0.875 e. The number of aliphatic imine (C=N–C) groups is 1. The molecule has 1 aromatic rings. The van der Waals surface area contributed by atoms with E-state index in [2.05, 4.69) is 4.99 Å². The third-order valence-electron chi connectivity index (χ3n) is 1.28. The maximum atomic E-state index is 10.5. The van der Waals surface area contributed by atoms with Crippen molar-refractivity contribution in [2.24, 2.45) is 4.99 Å². The van der Waals surface area contributed by atoms with Gasteiger partial charge in [-0.3, -0.25) is 4.99 Å². The molecule has 0 radical (unpaired) electrons. The van der Waals surface area contributed by atoms with E-state index in [1.807, 2.05) is 30.3 Å². The highest BCUT2D eigenvalue weighted by atomic mass is 16.3. The molecule has 0 aliphatic heterocycles. The normalized spacial score (nSPS) is 12.2. The van der Waals surface area contributed by atoms with E-state index < -0.39 is 0 Å². The Kier molecular flexibility index (Phi) is 3.08. The summed E-state index contributed by atoms with van der Waals surface area (Å²) in [4.78, 5) is 3.84. The molecule has 0 unspecified atom stereocenters. The fraction of sp³-hybridized carbons (Fsp3) is 0.100. The topological polar surface area (TPSA) is 35.4 Å². The van der Waals surface area contributed by atoms with E-state index >= 15 is 0 Å². The molecule has 0 heterocycles. The molecule has 0 bridgehead atoms. The smallest absolute Gasteiger partial charge is 0.0339 e. The van der Waals surface area contributed by atoms with Gasteiger partial charge in [0.25, 0.3) is 0 Å². The molecule has 1 rings (SSSR count). The average Bonchev–Trinajstić information content (AvgIpc) is 2.05. The van der Waals surface area contributed by atoms with Gasteiger partial charge in [-0.05, 0) is 5.56 Å². The van der Waals surface area contributed by atoms with Gasteiger partial charge in [0.15, 0.2) is 0 Å². The van der Waals surface area contributed by atoms with Crippen LogP contribution in [0.4, 0.5) is 0 Å². The first-order valence-corrected chi connectivity index (χ1v) is 3.71. The first-order valence-electron chi connectivity index (χ1n) is 3.71. The summed E-state index contributed by atoms with van der Waals surface area (Å²) in [5.41, 5.74) is 0.995. The van der Waals surface area contributed by atoms with Gasteiger partial charge in [-0.15, -0.1) is 5.76 Å². The van der Waals surface area contributed by atoms with Gasteiger partial charge in [0.2, 0.25) is 0 Å². The molecule has 0 aromatic heterocycles. The molecule has 2 nitrogen and oxygen atoms in total. The number of nitrogens with zero attached hydrogens (tertiary/aromatic N) is 1. The Labute approximate surface area is 71.9 Å². The van der Waals surface area contributed by atoms with E-state index in [9.17, 15) is 5.11 Å². The summed E-state index contributed by atoms with van der Waals surface area (Å²) < 4.78 is 0. The quantitative estimate of drug-likeness (QED) is 0.474. The van der Waals surface area contributed by atoms with E-state index in [4.69, 9.17) is 0 Å². The molecule has 0 N–H and O–H groups in total. The lowest BCUT2D eigenvalue weighted by molar-refractivity contribution is -0.302. The Morgan fingerprint density at radius 3 is 2.58 bits per heavy atom. The van der Waals surface area contributed by atoms with Crippen molar-refractivity contribution in [1.82, 2.24) is 0 Å². The minimum absolute atomic E-state index is 0.0396. The zero-order valence-electron chi connectivity index (χ0n) is 6.90. The fourth-order valence-electron chi connectivity index (χ4n) is 0.767. The first kappa shape index (κ1) is 8.53. The average molecular weight is 160 g/mol. The minimum Gasteiger partial charge on any atom is -0.875 e. The monoisotopic (exact) mass is 160 g/mol. The third kappa shape index (κ3) is 3.01. The summed E-state index contributed by atoms with van der Waals surface area (Å²) in [6.07, 6.45) is 2.95. The molecule has 0 aliphatic rings. The lowest BCUT2D eigenvalue weighted by Gasteiger charge is -1.97. The van der Waals surface area contributed by atoms with Crippen molar-refractivity contribution in [3.63, 3.8) is 0 Å². The summed E-state index contributed by atoms with van der Waals surface area (Å²) in [6, 6.07) is 9.64. The molecular formula is C10H10NO-. The van der Waals surface area contributed by atoms with Gasteiger partial charge in [0.1, 0.15) is 0 Å². The molecule has 2 heteroatoms. The van der Waals surface area contributed by atoms with Gasteiger partial charge in [-0.2, -0.15) is 0 Å². The van der Waals surface area contributed by atoms with Crippen LogP contribution >= 0.6 is 0 Å². The molecule has 0 amide bonds. The summed E-state index contributed by atoms with van der Waals surface area (Å²) in [7, 11) is 0. The van der Waals surface area contributed by atoms with Crippen LogP contribution in [-0.4, -0.2) is 6.21 Å². The van der Waals surface area contributed by atoms with Gasteiger partial charge in [-0.25, -0.2) is 0 Å². The second-order valence-electron chi connectivity index (χ2n) is 2.43. The molecule has 62 valence electrons. The van der Waals surface area contributed by atoms with Crippen molar-refractivity contribution in [2.45, 2.75) is 6.92 Å². The second-order valence-corrected chi connectivity index (χ2v) is 2.43. The zero-order chi connectivity index (χ0) is 8.81. The van der Waals surface area contributed by atoms with Crippen molar-refractivity contribution in [3.8, 4) is 0 Å². The third-order valence-corrected chi connectivity index (χ3v) is 1.28. The van der Waals surface area contributed by atoms with Crippen molar-refractivity contribution in [2.75, 3.05) is 0 Å². The Hall–Kier alpha value is -1.57. The summed E-state index contributed by atoms with van der Waals surface area (Å²) in [5.74, 6) is -0.0396. The molecule has 0 saturated carbocycles. The van der Waals surface area contributed by atoms with Crippen LogP contribution in [0.15, 0.2) is 47.3 Å². The highest BCUT2D eigenvalue weighted by Crippen LogP contribution is 1.94. The maximum Gasteiger partial charge on any atom is 0.0339 e. The highest BCUT2D eigenvalue weighted by Gasteiger charge is 1.80. The van der Waals surface area contributed by atoms with E-state index in [0.717, 1.165) is 5.56 Å². The molecule has 0 saturated heterocycles. The van der Waals surface area contributed by atoms with Crippen LogP contribution in [0.5, 0.6) is 0 Å². The van der Waals surface area contributed by atoms with Gasteiger partial charge >= 0.3 is 0 Å².